The minimum atomic E-state index is -0.392. The van der Waals surface area contributed by atoms with Crippen LogP contribution in [0.5, 0.6) is 0 Å². The number of esters is 1. The number of thioether (sulfide) groups is 2. The number of amides is 1. The highest BCUT2D eigenvalue weighted by Gasteiger charge is 2.33. The van der Waals surface area contributed by atoms with Crippen LogP contribution >= 0.6 is 35.7 Å². The van der Waals surface area contributed by atoms with Gasteiger partial charge in [0.15, 0.2) is 4.32 Å². The third-order valence-corrected chi connectivity index (χ3v) is 6.62. The van der Waals surface area contributed by atoms with Crippen molar-refractivity contribution in [1.82, 2.24) is 0 Å². The molecule has 1 aromatic heterocycles. The van der Waals surface area contributed by atoms with Gasteiger partial charge in [-0.15, -0.1) is 11.8 Å². The molecular formula is C23H17NO4S3. The van der Waals surface area contributed by atoms with Crippen LogP contribution in [0.2, 0.25) is 0 Å². The molecule has 0 spiro atoms. The largest absolute Gasteiger partial charge is 0.465 e. The Morgan fingerprint density at radius 2 is 1.94 bits per heavy atom. The fourth-order valence-electron chi connectivity index (χ4n) is 3.04. The first-order chi connectivity index (χ1) is 15.0. The maximum atomic E-state index is 13.0. The molecule has 3 aromatic rings. The van der Waals surface area contributed by atoms with E-state index in [0.717, 1.165) is 16.1 Å². The van der Waals surface area contributed by atoms with Gasteiger partial charge in [-0.2, -0.15) is 0 Å². The predicted octanol–water partition coefficient (Wildman–Crippen LogP) is 5.86. The summed E-state index contributed by atoms with van der Waals surface area (Å²) < 4.78 is 11.1. The zero-order chi connectivity index (χ0) is 22.0. The van der Waals surface area contributed by atoms with Crippen molar-refractivity contribution in [2.24, 2.45) is 0 Å². The maximum absolute atomic E-state index is 13.0. The van der Waals surface area contributed by atoms with Gasteiger partial charge in [-0.1, -0.05) is 42.2 Å². The van der Waals surface area contributed by atoms with Crippen LogP contribution in [0.4, 0.5) is 5.69 Å². The number of nitrogens with zero attached hydrogens (tertiary/aromatic N) is 1. The molecule has 0 bridgehead atoms. The molecule has 5 nitrogen and oxygen atoms in total. The molecule has 0 atom stereocenters. The second-order valence-corrected chi connectivity index (χ2v) is 9.04. The van der Waals surface area contributed by atoms with Gasteiger partial charge in [0.1, 0.15) is 11.5 Å². The van der Waals surface area contributed by atoms with Crippen molar-refractivity contribution in [3.63, 3.8) is 0 Å². The second kappa shape index (κ2) is 9.13. The quantitative estimate of drug-likeness (QED) is 0.202. The third kappa shape index (κ3) is 4.46. The first kappa shape index (κ1) is 21.4. The van der Waals surface area contributed by atoms with Gasteiger partial charge in [0.25, 0.3) is 5.91 Å². The zero-order valence-corrected chi connectivity index (χ0v) is 19.1. The van der Waals surface area contributed by atoms with Crippen molar-refractivity contribution in [2.45, 2.75) is 4.90 Å². The van der Waals surface area contributed by atoms with Gasteiger partial charge >= 0.3 is 5.97 Å². The summed E-state index contributed by atoms with van der Waals surface area (Å²) >= 11 is 8.31. The molecule has 0 saturated carbocycles. The lowest BCUT2D eigenvalue weighted by atomic mass is 10.1. The molecule has 1 fully saturated rings. The van der Waals surface area contributed by atoms with E-state index in [1.165, 1.54) is 18.9 Å². The number of furan rings is 1. The Morgan fingerprint density at radius 3 is 2.65 bits per heavy atom. The van der Waals surface area contributed by atoms with Crippen LogP contribution in [0, 0.1) is 0 Å². The summed E-state index contributed by atoms with van der Waals surface area (Å²) in [7, 11) is 1.34. The summed E-state index contributed by atoms with van der Waals surface area (Å²) in [5, 5.41) is 0. The van der Waals surface area contributed by atoms with Crippen LogP contribution in [0.15, 0.2) is 74.9 Å². The van der Waals surface area contributed by atoms with Gasteiger partial charge in [-0.25, -0.2) is 4.79 Å². The molecule has 1 amide bonds. The highest BCUT2D eigenvalue weighted by Crippen LogP contribution is 2.37. The number of hydrogen-bond acceptors (Lipinski definition) is 7. The Balaban J connectivity index is 1.56. The molecule has 0 aliphatic carbocycles. The molecule has 4 rings (SSSR count). The lowest BCUT2D eigenvalue weighted by molar-refractivity contribution is -0.113. The van der Waals surface area contributed by atoms with Crippen molar-refractivity contribution >= 4 is 63.7 Å². The van der Waals surface area contributed by atoms with Crippen LogP contribution in [0.3, 0.4) is 0 Å². The first-order valence-corrected chi connectivity index (χ1v) is 11.7. The van der Waals surface area contributed by atoms with Crippen molar-refractivity contribution in [1.29, 1.82) is 0 Å². The number of carbonyl (C=O) groups excluding carboxylic acids is 2. The van der Waals surface area contributed by atoms with Crippen LogP contribution in [-0.4, -0.2) is 29.6 Å². The van der Waals surface area contributed by atoms with E-state index in [1.807, 2.05) is 36.6 Å². The minimum Gasteiger partial charge on any atom is -0.465 e. The van der Waals surface area contributed by atoms with E-state index >= 15 is 0 Å². The number of ether oxygens (including phenoxy) is 1. The molecule has 31 heavy (non-hydrogen) atoms. The number of methoxy groups -OCH3 is 1. The maximum Gasteiger partial charge on any atom is 0.337 e. The molecule has 0 unspecified atom stereocenters. The normalized spacial score (nSPS) is 15.0. The van der Waals surface area contributed by atoms with E-state index in [0.29, 0.717) is 26.3 Å². The summed E-state index contributed by atoms with van der Waals surface area (Å²) in [6.07, 6.45) is 3.69. The average molecular weight is 468 g/mol. The number of carbonyl (C=O) groups is 2. The Morgan fingerprint density at radius 1 is 1.16 bits per heavy atom. The van der Waals surface area contributed by atoms with Gasteiger partial charge < -0.3 is 9.15 Å². The van der Waals surface area contributed by atoms with Gasteiger partial charge in [0.2, 0.25) is 0 Å². The summed E-state index contributed by atoms with van der Waals surface area (Å²) in [5.41, 5.74) is 2.03. The monoisotopic (exact) mass is 467 g/mol. The highest BCUT2D eigenvalue weighted by molar-refractivity contribution is 8.27. The number of thiocarbonyl (C=S) groups is 1. The summed E-state index contributed by atoms with van der Waals surface area (Å²) in [6, 6.07) is 18.3. The number of rotatable bonds is 5. The molecule has 8 heteroatoms. The zero-order valence-electron chi connectivity index (χ0n) is 16.7. The van der Waals surface area contributed by atoms with Crippen molar-refractivity contribution in [2.75, 3.05) is 18.3 Å². The molecule has 1 aliphatic heterocycles. The molecule has 1 aliphatic rings. The SMILES string of the molecule is COC(=O)c1ccc(-c2ccc(/C=C3/SC(=S)N(c4cccc(SC)c4)C3=O)o2)cc1. The highest BCUT2D eigenvalue weighted by atomic mass is 32.2. The minimum absolute atomic E-state index is 0.173. The van der Waals surface area contributed by atoms with Crippen molar-refractivity contribution in [3.8, 4) is 11.3 Å². The van der Waals surface area contributed by atoms with E-state index in [1.54, 1.807) is 53.1 Å². The standard InChI is InChI=1S/C23H17NO4S3/c1-27-22(26)15-8-6-14(7-9-15)19-11-10-17(28-19)13-20-21(25)24(23(29)31-20)16-4-3-5-18(12-16)30-2/h3-13H,1-2H3/b20-13+. The van der Waals surface area contributed by atoms with E-state index in [4.69, 9.17) is 21.4 Å². The van der Waals surface area contributed by atoms with Gasteiger partial charge in [-0.3, -0.25) is 9.69 Å². The Bertz CT molecular complexity index is 1200. The van der Waals surface area contributed by atoms with E-state index < -0.39 is 5.97 Å². The summed E-state index contributed by atoms with van der Waals surface area (Å²) in [6.45, 7) is 0. The Kier molecular flexibility index (Phi) is 6.31. The number of anilines is 1. The van der Waals surface area contributed by atoms with Crippen molar-refractivity contribution in [3.05, 3.63) is 76.9 Å². The Labute approximate surface area is 193 Å². The summed E-state index contributed by atoms with van der Waals surface area (Å²) in [5.74, 6) is 0.613. The molecule has 0 N–H and O–H groups in total. The van der Waals surface area contributed by atoms with Crippen LogP contribution in [0.1, 0.15) is 16.1 Å². The number of benzene rings is 2. The molecule has 0 radical (unpaired) electrons. The van der Waals surface area contributed by atoms with Gasteiger partial charge in [0.05, 0.1) is 23.3 Å². The fourth-order valence-corrected chi connectivity index (χ4v) is 4.78. The predicted molar refractivity (Wildman–Crippen MR) is 129 cm³/mol. The molecule has 2 aromatic carbocycles. The average Bonchev–Trinajstić information content (AvgIpc) is 3.37. The fraction of sp³-hybridized carbons (Fsp3) is 0.0870. The smallest absolute Gasteiger partial charge is 0.337 e. The topological polar surface area (TPSA) is 59.8 Å². The van der Waals surface area contributed by atoms with Gasteiger partial charge in [-0.05, 0) is 48.7 Å². The molecule has 156 valence electrons. The van der Waals surface area contributed by atoms with E-state index in [-0.39, 0.29) is 5.91 Å². The molecule has 1 saturated heterocycles. The molecule has 2 heterocycles. The third-order valence-electron chi connectivity index (χ3n) is 4.60. The van der Waals surface area contributed by atoms with Gasteiger partial charge in [0, 0.05) is 16.5 Å². The van der Waals surface area contributed by atoms with Crippen LogP contribution < -0.4 is 4.90 Å². The first-order valence-electron chi connectivity index (χ1n) is 9.21. The van der Waals surface area contributed by atoms with E-state index in [9.17, 15) is 9.59 Å². The van der Waals surface area contributed by atoms with Crippen LogP contribution in [-0.2, 0) is 9.53 Å². The second-order valence-electron chi connectivity index (χ2n) is 6.49. The summed E-state index contributed by atoms with van der Waals surface area (Å²) in [4.78, 5) is 27.7. The lowest BCUT2D eigenvalue weighted by Gasteiger charge is -2.15. The van der Waals surface area contributed by atoms with Crippen molar-refractivity contribution < 1.29 is 18.7 Å². The lowest BCUT2D eigenvalue weighted by Crippen LogP contribution is -2.27. The Hall–Kier alpha value is -2.81. The molecular weight excluding hydrogens is 450 g/mol. The van der Waals surface area contributed by atoms with E-state index in [2.05, 4.69) is 0 Å². The van der Waals surface area contributed by atoms with Crippen LogP contribution in [0.25, 0.3) is 17.4 Å². The number of hydrogen-bond donors (Lipinski definition) is 0.